The third kappa shape index (κ3) is 5.16. The van der Waals surface area contributed by atoms with Crippen LogP contribution < -0.4 is 10.1 Å². The molecule has 0 aliphatic heterocycles. The molecule has 2 rings (SSSR count). The molecule has 2 aromatic carbocycles. The van der Waals surface area contributed by atoms with Gasteiger partial charge in [-0.15, -0.1) is 0 Å². The highest BCUT2D eigenvalue weighted by molar-refractivity contribution is 6.42. The van der Waals surface area contributed by atoms with Crippen molar-refractivity contribution < 1.29 is 9.53 Å². The fourth-order valence-corrected chi connectivity index (χ4v) is 2.36. The minimum atomic E-state index is -0.143. The molecular weight excluding hydrogens is 347 g/mol. The standard InChI is InChI=1S/C18H16Cl2N2O2/c1-12(14-4-2-13(11-21)3-5-14)22-18(23)8-9-24-15-6-7-16(19)17(20)10-15/h2-7,10,12H,8-9H2,1H3,(H,22,23). The Morgan fingerprint density at radius 1 is 1.21 bits per heavy atom. The average molecular weight is 363 g/mol. The average Bonchev–Trinajstić information content (AvgIpc) is 2.58. The van der Waals surface area contributed by atoms with Gasteiger partial charge in [-0.2, -0.15) is 5.26 Å². The van der Waals surface area contributed by atoms with E-state index in [1.54, 1.807) is 30.3 Å². The van der Waals surface area contributed by atoms with Crippen LogP contribution in [-0.4, -0.2) is 12.5 Å². The van der Waals surface area contributed by atoms with Gasteiger partial charge < -0.3 is 10.1 Å². The number of ether oxygens (including phenoxy) is 1. The summed E-state index contributed by atoms with van der Waals surface area (Å²) in [7, 11) is 0. The van der Waals surface area contributed by atoms with Crippen LogP contribution in [0, 0.1) is 11.3 Å². The number of carbonyl (C=O) groups excluding carboxylic acids is 1. The van der Waals surface area contributed by atoms with E-state index >= 15 is 0 Å². The van der Waals surface area contributed by atoms with E-state index in [1.807, 2.05) is 19.1 Å². The van der Waals surface area contributed by atoms with E-state index < -0.39 is 0 Å². The number of benzene rings is 2. The van der Waals surface area contributed by atoms with Crippen LogP contribution in [0.1, 0.15) is 30.5 Å². The topological polar surface area (TPSA) is 62.1 Å². The van der Waals surface area contributed by atoms with Gasteiger partial charge in [0.15, 0.2) is 0 Å². The maximum Gasteiger partial charge on any atom is 0.223 e. The van der Waals surface area contributed by atoms with Gasteiger partial charge in [0.2, 0.25) is 5.91 Å². The fourth-order valence-electron chi connectivity index (χ4n) is 2.07. The molecule has 1 amide bonds. The molecule has 0 aliphatic carbocycles. The quantitative estimate of drug-likeness (QED) is 0.821. The molecule has 0 radical (unpaired) electrons. The summed E-state index contributed by atoms with van der Waals surface area (Å²) < 4.78 is 5.49. The number of nitriles is 1. The van der Waals surface area contributed by atoms with Crippen LogP contribution in [0.25, 0.3) is 0 Å². The van der Waals surface area contributed by atoms with Gasteiger partial charge in [0.25, 0.3) is 0 Å². The molecule has 1 atom stereocenters. The molecule has 0 aliphatic rings. The summed E-state index contributed by atoms with van der Waals surface area (Å²) in [5.74, 6) is 0.448. The lowest BCUT2D eigenvalue weighted by Crippen LogP contribution is -2.27. The van der Waals surface area contributed by atoms with Gasteiger partial charge in [0.1, 0.15) is 5.75 Å². The maximum absolute atomic E-state index is 12.0. The SMILES string of the molecule is CC(NC(=O)CCOc1ccc(Cl)c(Cl)c1)c1ccc(C#N)cc1. The van der Waals surface area contributed by atoms with E-state index in [0.717, 1.165) is 5.56 Å². The highest BCUT2D eigenvalue weighted by Gasteiger charge is 2.10. The number of nitrogens with one attached hydrogen (secondary N) is 1. The maximum atomic E-state index is 12.0. The largest absolute Gasteiger partial charge is 0.493 e. The zero-order valence-electron chi connectivity index (χ0n) is 13.1. The first-order valence-electron chi connectivity index (χ1n) is 7.37. The molecule has 0 bridgehead atoms. The van der Waals surface area contributed by atoms with Crippen LogP contribution in [-0.2, 0) is 4.79 Å². The highest BCUT2D eigenvalue weighted by atomic mass is 35.5. The van der Waals surface area contributed by atoms with Crippen molar-refractivity contribution in [3.05, 3.63) is 63.6 Å². The van der Waals surface area contributed by atoms with E-state index in [4.69, 9.17) is 33.2 Å². The Morgan fingerprint density at radius 2 is 1.92 bits per heavy atom. The molecule has 6 heteroatoms. The van der Waals surface area contributed by atoms with Crippen molar-refractivity contribution in [1.82, 2.24) is 5.32 Å². The third-order valence-electron chi connectivity index (χ3n) is 3.41. The number of hydrogen-bond donors (Lipinski definition) is 1. The van der Waals surface area contributed by atoms with E-state index in [1.165, 1.54) is 0 Å². The summed E-state index contributed by atoms with van der Waals surface area (Å²) in [5, 5.41) is 12.5. The zero-order valence-corrected chi connectivity index (χ0v) is 14.6. The van der Waals surface area contributed by atoms with Gasteiger partial charge >= 0.3 is 0 Å². The lowest BCUT2D eigenvalue weighted by Gasteiger charge is -2.14. The fraction of sp³-hybridized carbons (Fsp3) is 0.222. The molecule has 1 unspecified atom stereocenters. The Labute approximate surface area is 151 Å². The van der Waals surface area contributed by atoms with Gasteiger partial charge in [-0.1, -0.05) is 35.3 Å². The second kappa shape index (κ2) is 8.58. The van der Waals surface area contributed by atoms with E-state index in [-0.39, 0.29) is 25.0 Å². The first-order valence-corrected chi connectivity index (χ1v) is 8.12. The first kappa shape index (κ1) is 18.1. The van der Waals surface area contributed by atoms with Crippen molar-refractivity contribution in [1.29, 1.82) is 5.26 Å². The van der Waals surface area contributed by atoms with Crippen LogP contribution in [0.4, 0.5) is 0 Å². The summed E-state index contributed by atoms with van der Waals surface area (Å²) in [6.45, 7) is 2.13. The molecule has 0 spiro atoms. The number of halogens is 2. The van der Waals surface area contributed by atoms with Gasteiger partial charge in [-0.25, -0.2) is 0 Å². The van der Waals surface area contributed by atoms with Crippen molar-refractivity contribution in [2.45, 2.75) is 19.4 Å². The predicted molar refractivity (Wildman–Crippen MR) is 94.3 cm³/mol. The van der Waals surface area contributed by atoms with Crippen molar-refractivity contribution >= 4 is 29.1 Å². The molecule has 4 nitrogen and oxygen atoms in total. The van der Waals surface area contributed by atoms with E-state index in [0.29, 0.717) is 21.4 Å². The second-order valence-electron chi connectivity index (χ2n) is 5.20. The molecule has 1 N–H and O–H groups in total. The van der Waals surface area contributed by atoms with Crippen molar-refractivity contribution in [3.63, 3.8) is 0 Å². The van der Waals surface area contributed by atoms with E-state index in [2.05, 4.69) is 11.4 Å². The molecule has 0 fully saturated rings. The minimum absolute atomic E-state index is 0.119. The molecule has 124 valence electrons. The summed E-state index contributed by atoms with van der Waals surface area (Å²) in [6, 6.07) is 14.0. The molecule has 2 aromatic rings. The van der Waals surface area contributed by atoms with Gasteiger partial charge in [-0.3, -0.25) is 4.79 Å². The Bertz CT molecular complexity index is 755. The number of hydrogen-bond acceptors (Lipinski definition) is 3. The van der Waals surface area contributed by atoms with E-state index in [9.17, 15) is 4.79 Å². The Hall–Kier alpha value is -2.22. The summed E-state index contributed by atoms with van der Waals surface area (Å²) >= 11 is 11.7. The lowest BCUT2D eigenvalue weighted by atomic mass is 10.1. The summed E-state index contributed by atoms with van der Waals surface area (Å²) in [6.07, 6.45) is 0.223. The lowest BCUT2D eigenvalue weighted by molar-refractivity contribution is -0.122. The predicted octanol–water partition coefficient (Wildman–Crippen LogP) is 4.51. The molecular formula is C18H16Cl2N2O2. The normalized spacial score (nSPS) is 11.4. The summed E-state index contributed by atoms with van der Waals surface area (Å²) in [4.78, 5) is 12.0. The van der Waals surface area contributed by atoms with Crippen LogP contribution in [0.15, 0.2) is 42.5 Å². The zero-order chi connectivity index (χ0) is 17.5. The van der Waals surface area contributed by atoms with Crippen molar-refractivity contribution in [2.75, 3.05) is 6.61 Å². The molecule has 0 saturated heterocycles. The Morgan fingerprint density at radius 3 is 2.54 bits per heavy atom. The molecule has 0 heterocycles. The Kier molecular flexibility index (Phi) is 6.48. The molecule has 24 heavy (non-hydrogen) atoms. The van der Waals surface area contributed by atoms with Crippen molar-refractivity contribution in [3.8, 4) is 11.8 Å². The van der Waals surface area contributed by atoms with Gasteiger partial charge in [-0.05, 0) is 36.8 Å². The minimum Gasteiger partial charge on any atom is -0.493 e. The first-order chi connectivity index (χ1) is 11.5. The van der Waals surface area contributed by atoms with Crippen LogP contribution in [0.5, 0.6) is 5.75 Å². The molecule has 0 saturated carbocycles. The van der Waals surface area contributed by atoms with Gasteiger partial charge in [0, 0.05) is 6.07 Å². The number of carbonyl (C=O) groups is 1. The summed E-state index contributed by atoms with van der Waals surface area (Å²) in [5.41, 5.74) is 1.53. The monoisotopic (exact) mass is 362 g/mol. The van der Waals surface area contributed by atoms with Crippen molar-refractivity contribution in [2.24, 2.45) is 0 Å². The molecule has 0 aromatic heterocycles. The Balaban J connectivity index is 1.79. The highest BCUT2D eigenvalue weighted by Crippen LogP contribution is 2.26. The van der Waals surface area contributed by atoms with Crippen LogP contribution >= 0.6 is 23.2 Å². The number of nitrogens with zero attached hydrogens (tertiary/aromatic N) is 1. The second-order valence-corrected chi connectivity index (χ2v) is 6.01. The van der Waals surface area contributed by atoms with Crippen LogP contribution in [0.3, 0.4) is 0 Å². The van der Waals surface area contributed by atoms with Gasteiger partial charge in [0.05, 0.1) is 40.7 Å². The third-order valence-corrected chi connectivity index (χ3v) is 4.15. The number of rotatable bonds is 6. The number of amides is 1. The van der Waals surface area contributed by atoms with Crippen LogP contribution in [0.2, 0.25) is 10.0 Å². The smallest absolute Gasteiger partial charge is 0.223 e.